The smallest absolute Gasteiger partial charge is 0.328 e. The summed E-state index contributed by atoms with van der Waals surface area (Å²) in [7, 11) is 2.18. The van der Waals surface area contributed by atoms with Gasteiger partial charge < -0.3 is 19.8 Å². The van der Waals surface area contributed by atoms with Crippen molar-refractivity contribution in [1.29, 1.82) is 0 Å². The second kappa shape index (κ2) is 12.0. The van der Waals surface area contributed by atoms with Crippen molar-refractivity contribution in [3.05, 3.63) is 65.5 Å². The van der Waals surface area contributed by atoms with Crippen molar-refractivity contribution in [3.63, 3.8) is 0 Å². The maximum Gasteiger partial charge on any atom is 0.328 e. The standard InChI is InChI=1S/C21H25FN2OS.C4H4O4/c1-3-25-17-6-7-20-18(14-17)19(24-10-8-23(2)9-11-24)12-15-4-5-16(22)13-21(15)26-20;5-3(6)1-2-4(7)8/h4-7,13-14,19H,3,8-12H2,1-2H3;1-2H,(H,5,6)(H,7,8)/b;2-1-. The van der Waals surface area contributed by atoms with Crippen LogP contribution >= 0.6 is 11.8 Å². The molecule has 2 aromatic rings. The number of ether oxygens (including phenoxy) is 1. The van der Waals surface area contributed by atoms with Gasteiger partial charge in [0.25, 0.3) is 0 Å². The molecule has 1 unspecified atom stereocenters. The molecule has 182 valence electrons. The van der Waals surface area contributed by atoms with Crippen molar-refractivity contribution in [2.75, 3.05) is 39.8 Å². The Morgan fingerprint density at radius 1 is 1.06 bits per heavy atom. The number of carboxylic acid groups (broad SMARTS) is 2. The van der Waals surface area contributed by atoms with E-state index in [-0.39, 0.29) is 5.82 Å². The van der Waals surface area contributed by atoms with Crippen molar-refractivity contribution < 1.29 is 28.9 Å². The molecule has 1 atom stereocenters. The first-order valence-electron chi connectivity index (χ1n) is 11.1. The van der Waals surface area contributed by atoms with Crippen LogP contribution in [0, 0.1) is 5.82 Å². The molecule has 4 rings (SSSR count). The van der Waals surface area contributed by atoms with Gasteiger partial charge in [0.2, 0.25) is 0 Å². The van der Waals surface area contributed by atoms with Crippen LogP contribution in [0.2, 0.25) is 0 Å². The monoisotopic (exact) mass is 488 g/mol. The number of piperazine rings is 1. The number of carboxylic acids is 2. The second-order valence-electron chi connectivity index (χ2n) is 8.06. The van der Waals surface area contributed by atoms with Gasteiger partial charge in [-0.05, 0) is 61.9 Å². The van der Waals surface area contributed by atoms with E-state index < -0.39 is 11.9 Å². The minimum atomic E-state index is -1.26. The summed E-state index contributed by atoms with van der Waals surface area (Å²) in [4.78, 5) is 26.3. The molecule has 7 nitrogen and oxygen atoms in total. The summed E-state index contributed by atoms with van der Waals surface area (Å²) in [5, 5.41) is 15.6. The highest BCUT2D eigenvalue weighted by atomic mass is 32.2. The van der Waals surface area contributed by atoms with Gasteiger partial charge in [-0.1, -0.05) is 17.8 Å². The van der Waals surface area contributed by atoms with Crippen LogP contribution in [0.15, 0.2) is 58.3 Å². The van der Waals surface area contributed by atoms with Gasteiger partial charge in [0.05, 0.1) is 6.61 Å². The summed E-state index contributed by atoms with van der Waals surface area (Å²) >= 11 is 1.68. The number of nitrogens with zero attached hydrogens (tertiary/aromatic N) is 2. The highest BCUT2D eigenvalue weighted by molar-refractivity contribution is 7.99. The Labute approximate surface area is 202 Å². The third kappa shape index (κ3) is 7.06. The Morgan fingerprint density at radius 3 is 2.35 bits per heavy atom. The third-order valence-corrected chi connectivity index (χ3v) is 6.85. The van der Waals surface area contributed by atoms with Crippen LogP contribution in [0.25, 0.3) is 0 Å². The van der Waals surface area contributed by atoms with Crippen LogP contribution < -0.4 is 4.74 Å². The fraction of sp³-hybridized carbons (Fsp3) is 0.360. The van der Waals surface area contributed by atoms with Crippen molar-refractivity contribution >= 4 is 23.7 Å². The van der Waals surface area contributed by atoms with Crippen LogP contribution in [-0.2, 0) is 16.0 Å². The Morgan fingerprint density at radius 2 is 1.74 bits per heavy atom. The Kier molecular flexibility index (Phi) is 9.09. The first-order valence-corrected chi connectivity index (χ1v) is 11.9. The molecule has 2 heterocycles. The van der Waals surface area contributed by atoms with Gasteiger partial charge in [-0.2, -0.15) is 0 Å². The van der Waals surface area contributed by atoms with Crippen molar-refractivity contribution in [1.82, 2.24) is 9.80 Å². The Bertz CT molecular complexity index is 1040. The SMILES string of the molecule is CCOc1ccc2c(c1)C(N1CCN(C)CC1)Cc1ccc(F)cc1S2.O=C(O)/C=C\C(=O)O. The summed E-state index contributed by atoms with van der Waals surface area (Å²) in [5.41, 5.74) is 2.54. The summed E-state index contributed by atoms with van der Waals surface area (Å²) in [6.45, 7) is 6.95. The Balaban J connectivity index is 0.000000350. The van der Waals surface area contributed by atoms with Gasteiger partial charge in [0.15, 0.2) is 0 Å². The number of halogens is 1. The maximum absolute atomic E-state index is 13.8. The summed E-state index contributed by atoms with van der Waals surface area (Å²) < 4.78 is 19.6. The van der Waals surface area contributed by atoms with Crippen molar-refractivity contribution in [3.8, 4) is 5.75 Å². The molecule has 1 saturated heterocycles. The first-order chi connectivity index (χ1) is 16.3. The van der Waals surface area contributed by atoms with Crippen LogP contribution in [0.1, 0.15) is 24.1 Å². The quantitative estimate of drug-likeness (QED) is 0.612. The van der Waals surface area contributed by atoms with E-state index in [1.807, 2.05) is 19.1 Å². The molecule has 0 radical (unpaired) electrons. The number of hydrogen-bond donors (Lipinski definition) is 2. The van der Waals surface area contributed by atoms with E-state index in [9.17, 15) is 14.0 Å². The zero-order valence-electron chi connectivity index (χ0n) is 19.2. The predicted molar refractivity (Wildman–Crippen MR) is 128 cm³/mol. The normalized spacial score (nSPS) is 18.3. The molecule has 0 amide bonds. The van der Waals surface area contributed by atoms with Crippen LogP contribution in [0.3, 0.4) is 0 Å². The largest absolute Gasteiger partial charge is 0.494 e. The van der Waals surface area contributed by atoms with Gasteiger partial charge in [-0.25, -0.2) is 14.0 Å². The van der Waals surface area contributed by atoms with Gasteiger partial charge in [-0.15, -0.1) is 0 Å². The molecule has 2 aliphatic heterocycles. The fourth-order valence-corrected chi connectivity index (χ4v) is 5.11. The molecule has 34 heavy (non-hydrogen) atoms. The van der Waals surface area contributed by atoms with E-state index in [1.165, 1.54) is 16.0 Å². The Hall–Kier alpha value is -2.88. The van der Waals surface area contributed by atoms with Gasteiger partial charge >= 0.3 is 11.9 Å². The molecular formula is C25H29FN2O5S. The second-order valence-corrected chi connectivity index (χ2v) is 9.14. The lowest BCUT2D eigenvalue weighted by Gasteiger charge is -2.38. The average molecular weight is 489 g/mol. The van der Waals surface area contributed by atoms with Gasteiger partial charge in [0.1, 0.15) is 11.6 Å². The van der Waals surface area contributed by atoms with E-state index in [2.05, 4.69) is 29.0 Å². The predicted octanol–water partition coefficient (Wildman–Crippen LogP) is 3.93. The molecule has 0 saturated carbocycles. The van der Waals surface area contributed by atoms with Crippen molar-refractivity contribution in [2.24, 2.45) is 0 Å². The number of likely N-dealkylation sites (N-methyl/N-ethyl adjacent to an activating group) is 1. The number of benzene rings is 2. The number of fused-ring (bicyclic) bond motifs is 2. The fourth-order valence-electron chi connectivity index (χ4n) is 3.97. The molecule has 2 aliphatic rings. The highest BCUT2D eigenvalue weighted by Crippen LogP contribution is 2.44. The average Bonchev–Trinajstić information content (AvgIpc) is 2.95. The summed E-state index contributed by atoms with van der Waals surface area (Å²) in [6.07, 6.45) is 2.03. The minimum Gasteiger partial charge on any atom is -0.494 e. The minimum absolute atomic E-state index is 0.165. The summed E-state index contributed by atoms with van der Waals surface area (Å²) in [6, 6.07) is 11.9. The van der Waals surface area contributed by atoms with E-state index in [0.29, 0.717) is 24.8 Å². The summed E-state index contributed by atoms with van der Waals surface area (Å²) in [5.74, 6) is -1.76. The molecule has 1 fully saturated rings. The number of aliphatic carboxylic acids is 2. The van der Waals surface area contributed by atoms with Crippen LogP contribution in [0.4, 0.5) is 4.39 Å². The van der Waals surface area contributed by atoms with E-state index in [1.54, 1.807) is 23.9 Å². The van der Waals surface area contributed by atoms with Gasteiger partial charge in [-0.3, -0.25) is 4.90 Å². The lowest BCUT2D eigenvalue weighted by Crippen LogP contribution is -2.46. The molecule has 0 bridgehead atoms. The molecular weight excluding hydrogens is 459 g/mol. The topological polar surface area (TPSA) is 90.3 Å². The van der Waals surface area contributed by atoms with Crippen LogP contribution in [0.5, 0.6) is 5.75 Å². The lowest BCUT2D eigenvalue weighted by molar-refractivity contribution is -0.134. The molecule has 9 heteroatoms. The molecule has 0 aromatic heterocycles. The van der Waals surface area contributed by atoms with E-state index >= 15 is 0 Å². The lowest BCUT2D eigenvalue weighted by atomic mass is 9.96. The third-order valence-electron chi connectivity index (χ3n) is 5.66. The van der Waals surface area contributed by atoms with Gasteiger partial charge in [0, 0.05) is 54.2 Å². The molecule has 0 aliphatic carbocycles. The zero-order valence-corrected chi connectivity index (χ0v) is 20.1. The maximum atomic E-state index is 13.8. The molecule has 0 spiro atoms. The zero-order chi connectivity index (χ0) is 24.7. The van der Waals surface area contributed by atoms with E-state index in [0.717, 1.165) is 43.2 Å². The first kappa shape index (κ1) is 25.7. The molecule has 2 N–H and O–H groups in total. The van der Waals surface area contributed by atoms with E-state index in [4.69, 9.17) is 14.9 Å². The number of carbonyl (C=O) groups is 2. The van der Waals surface area contributed by atoms with Crippen LogP contribution in [-0.4, -0.2) is 71.8 Å². The van der Waals surface area contributed by atoms with Crippen molar-refractivity contribution in [2.45, 2.75) is 29.2 Å². The number of rotatable bonds is 5. The highest BCUT2D eigenvalue weighted by Gasteiger charge is 2.30. The molecule has 2 aromatic carbocycles. The number of hydrogen-bond acceptors (Lipinski definition) is 6.